The van der Waals surface area contributed by atoms with Crippen LogP contribution < -0.4 is 0 Å². The molecule has 0 aliphatic carbocycles. The van der Waals surface area contributed by atoms with E-state index < -0.39 is 0 Å². The van der Waals surface area contributed by atoms with Gasteiger partial charge < -0.3 is 4.98 Å². The smallest absolute Gasteiger partial charge is 0.165 e. The summed E-state index contributed by atoms with van der Waals surface area (Å²) in [4.78, 5) is 7.23. The van der Waals surface area contributed by atoms with Crippen LogP contribution in [0.4, 0.5) is 0 Å². The summed E-state index contributed by atoms with van der Waals surface area (Å²) in [6.45, 7) is 2.28. The molecule has 0 aliphatic heterocycles. The summed E-state index contributed by atoms with van der Waals surface area (Å²) < 4.78 is 0. The number of hydrogen-bond acceptors (Lipinski definition) is 3. The van der Waals surface area contributed by atoms with E-state index in [0.717, 1.165) is 22.6 Å². The number of rotatable bonds is 6. The summed E-state index contributed by atoms with van der Waals surface area (Å²) in [6, 6.07) is 0. The number of aromatic nitrogens is 2. The number of nitrogens with zero attached hydrogens (tertiary/aromatic N) is 1. The van der Waals surface area contributed by atoms with Gasteiger partial charge in [0.2, 0.25) is 0 Å². The zero-order chi connectivity index (χ0) is 9.52. The van der Waals surface area contributed by atoms with E-state index in [-0.39, 0.29) is 0 Å². The Labute approximate surface area is 89.3 Å². The molecule has 1 rings (SSSR count). The fraction of sp³-hybridized carbons (Fsp3) is 0.667. The maximum absolute atomic E-state index is 4.22. The second-order valence-electron chi connectivity index (χ2n) is 3.15. The lowest BCUT2D eigenvalue weighted by Gasteiger charge is -2.07. The summed E-state index contributed by atoms with van der Waals surface area (Å²) >= 11 is 6.01. The quantitative estimate of drug-likeness (QED) is 0.565. The van der Waals surface area contributed by atoms with Crippen LogP contribution in [0.3, 0.4) is 0 Å². The summed E-state index contributed by atoms with van der Waals surface area (Å²) in [5.41, 5.74) is 0. The molecule has 4 heteroatoms. The van der Waals surface area contributed by atoms with Gasteiger partial charge in [0, 0.05) is 18.1 Å². The average molecular weight is 216 g/mol. The van der Waals surface area contributed by atoms with Gasteiger partial charge in [-0.2, -0.15) is 12.6 Å². The van der Waals surface area contributed by atoms with Gasteiger partial charge in [-0.3, -0.25) is 0 Å². The molecule has 0 spiro atoms. The molecular formula is C9H16N2S2. The maximum atomic E-state index is 4.22. The molecule has 0 aliphatic rings. The Kier molecular flexibility index (Phi) is 5.39. The van der Waals surface area contributed by atoms with Gasteiger partial charge in [0.25, 0.3) is 0 Å². The van der Waals surface area contributed by atoms with Gasteiger partial charge in [-0.25, -0.2) is 4.98 Å². The molecule has 1 aromatic heterocycles. The molecular weight excluding hydrogens is 200 g/mol. The van der Waals surface area contributed by atoms with Crippen molar-refractivity contribution in [3.63, 3.8) is 0 Å². The number of thioether (sulfide) groups is 1. The lowest BCUT2D eigenvalue weighted by atomic mass is 10.1. The number of aromatic amines is 1. The van der Waals surface area contributed by atoms with Crippen LogP contribution in [0.1, 0.15) is 19.8 Å². The number of thiol groups is 1. The third-order valence-corrected chi connectivity index (χ3v) is 3.14. The normalized spacial score (nSPS) is 13.1. The molecule has 1 aromatic rings. The van der Waals surface area contributed by atoms with E-state index in [2.05, 4.69) is 29.5 Å². The minimum absolute atomic E-state index is 0.778. The molecule has 0 bridgehead atoms. The highest BCUT2D eigenvalue weighted by atomic mass is 32.2. The molecule has 0 aromatic carbocycles. The van der Waals surface area contributed by atoms with E-state index in [1.165, 1.54) is 12.8 Å². The number of nitrogens with one attached hydrogen (secondary N) is 1. The van der Waals surface area contributed by atoms with Crippen molar-refractivity contribution in [2.24, 2.45) is 5.92 Å². The summed E-state index contributed by atoms with van der Waals surface area (Å²) in [7, 11) is 0. The molecule has 0 amide bonds. The minimum atomic E-state index is 0.778. The molecule has 1 atom stereocenters. The highest BCUT2D eigenvalue weighted by molar-refractivity contribution is 7.99. The van der Waals surface area contributed by atoms with Crippen molar-refractivity contribution in [3.05, 3.63) is 12.4 Å². The number of imidazole rings is 1. The first-order valence-corrected chi connectivity index (χ1v) is 6.17. The van der Waals surface area contributed by atoms with Gasteiger partial charge in [0.05, 0.1) is 0 Å². The first-order chi connectivity index (χ1) is 6.33. The van der Waals surface area contributed by atoms with Crippen molar-refractivity contribution in [1.82, 2.24) is 9.97 Å². The molecule has 13 heavy (non-hydrogen) atoms. The predicted octanol–water partition coefficient (Wildman–Crippen LogP) is 2.85. The summed E-state index contributed by atoms with van der Waals surface area (Å²) in [5, 5.41) is 1.03. The largest absolute Gasteiger partial charge is 0.340 e. The topological polar surface area (TPSA) is 28.7 Å². The van der Waals surface area contributed by atoms with Gasteiger partial charge in [-0.1, -0.05) is 18.7 Å². The lowest BCUT2D eigenvalue weighted by molar-refractivity contribution is 0.554. The Bertz CT molecular complexity index is 211. The summed E-state index contributed by atoms with van der Waals surface area (Å²) in [5.74, 6) is 2.91. The lowest BCUT2D eigenvalue weighted by Crippen LogP contribution is -1.97. The number of hydrogen-bond donors (Lipinski definition) is 2. The monoisotopic (exact) mass is 216 g/mol. The van der Waals surface area contributed by atoms with Crippen LogP contribution in [0.2, 0.25) is 0 Å². The van der Waals surface area contributed by atoms with Crippen LogP contribution >= 0.6 is 24.4 Å². The van der Waals surface area contributed by atoms with Crippen molar-refractivity contribution in [1.29, 1.82) is 0 Å². The van der Waals surface area contributed by atoms with Gasteiger partial charge in [-0.05, 0) is 24.5 Å². The van der Waals surface area contributed by atoms with Crippen LogP contribution in [0, 0.1) is 5.92 Å². The second-order valence-corrected chi connectivity index (χ2v) is 4.68. The first-order valence-electron chi connectivity index (χ1n) is 4.56. The van der Waals surface area contributed by atoms with Crippen LogP contribution in [-0.2, 0) is 0 Å². The van der Waals surface area contributed by atoms with Gasteiger partial charge in [0.15, 0.2) is 5.16 Å². The number of H-pyrrole nitrogens is 1. The maximum Gasteiger partial charge on any atom is 0.165 e. The first kappa shape index (κ1) is 11.0. The zero-order valence-corrected chi connectivity index (χ0v) is 9.57. The minimum Gasteiger partial charge on any atom is -0.340 e. The van der Waals surface area contributed by atoms with Crippen molar-refractivity contribution in [3.8, 4) is 0 Å². The third-order valence-electron chi connectivity index (χ3n) is 1.94. The van der Waals surface area contributed by atoms with Gasteiger partial charge in [-0.15, -0.1) is 0 Å². The SMILES string of the molecule is CC(CCS)CCSc1ncc[nH]1. The average Bonchev–Trinajstić information content (AvgIpc) is 2.57. The van der Waals surface area contributed by atoms with Crippen molar-refractivity contribution >= 4 is 24.4 Å². The fourth-order valence-electron chi connectivity index (χ4n) is 1.05. The summed E-state index contributed by atoms with van der Waals surface area (Å²) in [6.07, 6.45) is 6.10. The molecule has 0 fully saturated rings. The molecule has 0 saturated carbocycles. The molecule has 0 saturated heterocycles. The second kappa shape index (κ2) is 6.38. The van der Waals surface area contributed by atoms with E-state index in [9.17, 15) is 0 Å². The van der Waals surface area contributed by atoms with Crippen molar-refractivity contribution in [2.75, 3.05) is 11.5 Å². The van der Waals surface area contributed by atoms with E-state index in [0.29, 0.717) is 0 Å². The van der Waals surface area contributed by atoms with Gasteiger partial charge >= 0.3 is 0 Å². The van der Waals surface area contributed by atoms with Gasteiger partial charge in [0.1, 0.15) is 0 Å². The van der Waals surface area contributed by atoms with Crippen LogP contribution in [0.5, 0.6) is 0 Å². The Morgan fingerprint density at radius 1 is 1.62 bits per heavy atom. The standard InChI is InChI=1S/C9H16N2S2/c1-8(2-6-12)3-7-13-9-10-4-5-11-9/h4-5,8,12H,2-3,6-7H2,1H3,(H,10,11). The molecule has 1 unspecified atom stereocenters. The Balaban J connectivity index is 2.07. The molecule has 1 heterocycles. The molecule has 2 nitrogen and oxygen atoms in total. The fourth-order valence-corrected chi connectivity index (χ4v) is 2.49. The molecule has 74 valence electrons. The molecule has 1 N–H and O–H groups in total. The third kappa shape index (κ3) is 4.62. The highest BCUT2D eigenvalue weighted by Gasteiger charge is 2.01. The Hall–Kier alpha value is -0.0900. The van der Waals surface area contributed by atoms with E-state index >= 15 is 0 Å². The Morgan fingerprint density at radius 2 is 2.46 bits per heavy atom. The van der Waals surface area contributed by atoms with Crippen LogP contribution in [0.15, 0.2) is 17.6 Å². The van der Waals surface area contributed by atoms with Crippen LogP contribution in [-0.4, -0.2) is 21.5 Å². The van der Waals surface area contributed by atoms with Crippen molar-refractivity contribution < 1.29 is 0 Å². The molecule has 0 radical (unpaired) electrons. The van der Waals surface area contributed by atoms with E-state index in [4.69, 9.17) is 0 Å². The van der Waals surface area contributed by atoms with Crippen molar-refractivity contribution in [2.45, 2.75) is 24.9 Å². The highest BCUT2D eigenvalue weighted by Crippen LogP contribution is 2.17. The Morgan fingerprint density at radius 3 is 3.08 bits per heavy atom. The predicted molar refractivity (Wildman–Crippen MR) is 61.6 cm³/mol. The van der Waals surface area contributed by atoms with E-state index in [1.54, 1.807) is 18.0 Å². The van der Waals surface area contributed by atoms with E-state index in [1.807, 2.05) is 6.20 Å². The zero-order valence-electron chi connectivity index (χ0n) is 7.86. The van der Waals surface area contributed by atoms with Crippen LogP contribution in [0.25, 0.3) is 0 Å².